The Hall–Kier alpha value is -1.02. The van der Waals surface area contributed by atoms with Crippen LogP contribution < -0.4 is 0 Å². The molecule has 1 aromatic rings. The maximum atomic E-state index is 11.0. The van der Waals surface area contributed by atoms with Crippen molar-refractivity contribution in [3.63, 3.8) is 0 Å². The van der Waals surface area contributed by atoms with Gasteiger partial charge in [0.2, 0.25) is 0 Å². The van der Waals surface area contributed by atoms with Gasteiger partial charge in [0.25, 0.3) is 0 Å². The van der Waals surface area contributed by atoms with Crippen molar-refractivity contribution in [1.82, 2.24) is 0 Å². The van der Waals surface area contributed by atoms with Gasteiger partial charge in [-0.05, 0) is 24.7 Å². The molecule has 0 aliphatic heterocycles. The number of ketones is 1. The summed E-state index contributed by atoms with van der Waals surface area (Å²) in [5.74, 6) is 0.970. The van der Waals surface area contributed by atoms with Crippen molar-refractivity contribution in [1.29, 1.82) is 0 Å². The third-order valence-electron chi connectivity index (χ3n) is 1.92. The third kappa shape index (κ3) is 3.38. The molecule has 74 valence electrons. The molecule has 0 atom stereocenters. The molecule has 0 saturated heterocycles. The number of allylic oxidation sites excluding steroid dienone is 1. The Morgan fingerprint density at radius 3 is 2.50 bits per heavy atom. The van der Waals surface area contributed by atoms with Gasteiger partial charge in [0.05, 0.1) is 0 Å². The second-order valence-electron chi connectivity index (χ2n) is 3.09. The predicted molar refractivity (Wildman–Crippen MR) is 64.0 cm³/mol. The van der Waals surface area contributed by atoms with E-state index in [1.165, 1.54) is 0 Å². The lowest BCUT2D eigenvalue weighted by Gasteiger charge is -1.96. The first kappa shape index (κ1) is 11.1. The highest BCUT2D eigenvalue weighted by atomic mass is 32.1. The summed E-state index contributed by atoms with van der Waals surface area (Å²) in [6.45, 7) is 1.58. The van der Waals surface area contributed by atoms with Crippen LogP contribution in [0.5, 0.6) is 0 Å². The second kappa shape index (κ2) is 5.66. The minimum Gasteiger partial charge on any atom is -0.295 e. The van der Waals surface area contributed by atoms with Crippen molar-refractivity contribution in [2.45, 2.75) is 13.3 Å². The van der Waals surface area contributed by atoms with E-state index >= 15 is 0 Å². The predicted octanol–water partition coefficient (Wildman–Crippen LogP) is 3.22. The normalized spacial score (nSPS) is 10.7. The Bertz CT molecular complexity index is 325. The van der Waals surface area contributed by atoms with Crippen LogP contribution in [0.25, 0.3) is 6.08 Å². The van der Waals surface area contributed by atoms with E-state index in [1.54, 1.807) is 6.92 Å². The molecule has 0 unspecified atom stereocenters. The summed E-state index contributed by atoms with van der Waals surface area (Å²) in [7, 11) is 0. The fourth-order valence-corrected chi connectivity index (χ4v) is 1.27. The van der Waals surface area contributed by atoms with Crippen LogP contribution in [0.1, 0.15) is 29.3 Å². The Balaban J connectivity index is 2.68. The molecule has 0 amide bonds. The Labute approximate surface area is 90.2 Å². The van der Waals surface area contributed by atoms with Crippen molar-refractivity contribution < 1.29 is 4.79 Å². The zero-order valence-electron chi connectivity index (χ0n) is 8.23. The standard InChI is InChI=1S/C12H14OS/c1-10(13)12-7-5-11(6-8-12)4-2-3-9-14/h2,4-8,14H,3,9H2,1H3. The maximum Gasteiger partial charge on any atom is 0.159 e. The first-order valence-electron chi connectivity index (χ1n) is 4.62. The molecule has 0 fully saturated rings. The van der Waals surface area contributed by atoms with Gasteiger partial charge in [-0.2, -0.15) is 12.6 Å². The molecule has 0 aliphatic carbocycles. The quantitative estimate of drug-likeness (QED) is 0.591. The van der Waals surface area contributed by atoms with Crippen LogP contribution in [-0.2, 0) is 0 Å². The molecule has 0 spiro atoms. The highest BCUT2D eigenvalue weighted by molar-refractivity contribution is 7.80. The number of hydrogen-bond acceptors (Lipinski definition) is 2. The highest BCUT2D eigenvalue weighted by Crippen LogP contribution is 2.07. The van der Waals surface area contributed by atoms with E-state index < -0.39 is 0 Å². The van der Waals surface area contributed by atoms with Crippen molar-refractivity contribution in [2.24, 2.45) is 0 Å². The molecule has 1 aromatic carbocycles. The number of carbonyl (C=O) groups excluding carboxylic acids is 1. The van der Waals surface area contributed by atoms with E-state index in [2.05, 4.69) is 18.7 Å². The van der Waals surface area contributed by atoms with E-state index in [1.807, 2.05) is 30.3 Å². The van der Waals surface area contributed by atoms with E-state index in [9.17, 15) is 4.79 Å². The number of carbonyl (C=O) groups is 1. The van der Waals surface area contributed by atoms with E-state index in [4.69, 9.17) is 0 Å². The Morgan fingerprint density at radius 1 is 1.36 bits per heavy atom. The lowest BCUT2D eigenvalue weighted by Crippen LogP contribution is -1.90. The largest absolute Gasteiger partial charge is 0.295 e. The fraction of sp³-hybridized carbons (Fsp3) is 0.250. The van der Waals surface area contributed by atoms with Gasteiger partial charge in [0, 0.05) is 5.56 Å². The summed E-state index contributed by atoms with van der Waals surface area (Å²) >= 11 is 4.11. The first-order valence-corrected chi connectivity index (χ1v) is 5.25. The molecule has 0 heterocycles. The summed E-state index contributed by atoms with van der Waals surface area (Å²) in [4.78, 5) is 11.0. The molecule has 0 aromatic heterocycles. The highest BCUT2D eigenvalue weighted by Gasteiger charge is 1.96. The average molecular weight is 206 g/mol. The second-order valence-corrected chi connectivity index (χ2v) is 3.54. The lowest BCUT2D eigenvalue weighted by atomic mass is 10.1. The first-order chi connectivity index (χ1) is 6.74. The molecule has 0 aliphatic rings. The lowest BCUT2D eigenvalue weighted by molar-refractivity contribution is 0.101. The number of hydrogen-bond donors (Lipinski definition) is 1. The van der Waals surface area contributed by atoms with Crippen molar-refractivity contribution in [3.05, 3.63) is 41.5 Å². The Morgan fingerprint density at radius 2 is 2.00 bits per heavy atom. The topological polar surface area (TPSA) is 17.1 Å². The number of Topliss-reactive ketones (excluding diaryl/α,β-unsaturated/α-hetero) is 1. The summed E-state index contributed by atoms with van der Waals surface area (Å²) in [6, 6.07) is 7.60. The summed E-state index contributed by atoms with van der Waals surface area (Å²) < 4.78 is 0. The minimum absolute atomic E-state index is 0.107. The van der Waals surface area contributed by atoms with Crippen molar-refractivity contribution >= 4 is 24.5 Å². The van der Waals surface area contributed by atoms with Gasteiger partial charge < -0.3 is 0 Å². The number of rotatable bonds is 4. The van der Waals surface area contributed by atoms with E-state index in [0.717, 1.165) is 23.3 Å². The number of thiol groups is 1. The molecule has 0 radical (unpaired) electrons. The van der Waals surface area contributed by atoms with Crippen LogP contribution in [0.4, 0.5) is 0 Å². The summed E-state index contributed by atoms with van der Waals surface area (Å²) in [5, 5.41) is 0. The third-order valence-corrected chi connectivity index (χ3v) is 2.18. The summed E-state index contributed by atoms with van der Waals surface area (Å²) in [6.07, 6.45) is 5.09. The average Bonchev–Trinajstić information content (AvgIpc) is 2.19. The van der Waals surface area contributed by atoms with Gasteiger partial charge >= 0.3 is 0 Å². The molecule has 2 heteroatoms. The van der Waals surface area contributed by atoms with Crippen LogP contribution in [0.3, 0.4) is 0 Å². The molecular weight excluding hydrogens is 192 g/mol. The van der Waals surface area contributed by atoms with Gasteiger partial charge in [0.1, 0.15) is 0 Å². The maximum absolute atomic E-state index is 11.0. The van der Waals surface area contributed by atoms with E-state index in [0.29, 0.717) is 0 Å². The SMILES string of the molecule is CC(=O)c1ccc(C=CCCS)cc1. The van der Waals surface area contributed by atoms with Gasteiger partial charge in [-0.25, -0.2) is 0 Å². The molecule has 0 saturated carbocycles. The molecule has 0 N–H and O–H groups in total. The molecule has 1 nitrogen and oxygen atoms in total. The Kier molecular flexibility index (Phi) is 4.47. The van der Waals surface area contributed by atoms with Gasteiger partial charge in [0.15, 0.2) is 5.78 Å². The van der Waals surface area contributed by atoms with Crippen LogP contribution in [-0.4, -0.2) is 11.5 Å². The molecule has 1 rings (SSSR count). The zero-order chi connectivity index (χ0) is 10.4. The molecule has 14 heavy (non-hydrogen) atoms. The smallest absolute Gasteiger partial charge is 0.159 e. The van der Waals surface area contributed by atoms with Crippen LogP contribution in [0.2, 0.25) is 0 Å². The minimum atomic E-state index is 0.107. The van der Waals surface area contributed by atoms with Gasteiger partial charge in [-0.15, -0.1) is 0 Å². The summed E-state index contributed by atoms with van der Waals surface area (Å²) in [5.41, 5.74) is 1.88. The number of benzene rings is 1. The van der Waals surface area contributed by atoms with Crippen LogP contribution in [0, 0.1) is 0 Å². The van der Waals surface area contributed by atoms with Crippen molar-refractivity contribution in [3.8, 4) is 0 Å². The fourth-order valence-electron chi connectivity index (χ4n) is 1.12. The molecular formula is C12H14OS. The van der Waals surface area contributed by atoms with Gasteiger partial charge in [-0.1, -0.05) is 36.4 Å². The van der Waals surface area contributed by atoms with Gasteiger partial charge in [-0.3, -0.25) is 4.79 Å². The van der Waals surface area contributed by atoms with Crippen molar-refractivity contribution in [2.75, 3.05) is 5.75 Å². The van der Waals surface area contributed by atoms with Crippen LogP contribution in [0.15, 0.2) is 30.3 Å². The monoisotopic (exact) mass is 206 g/mol. The van der Waals surface area contributed by atoms with E-state index in [-0.39, 0.29) is 5.78 Å². The van der Waals surface area contributed by atoms with Crippen LogP contribution >= 0.6 is 12.6 Å². The molecule has 0 bridgehead atoms. The zero-order valence-corrected chi connectivity index (χ0v) is 9.13.